The number of rotatable bonds is 9. The van der Waals surface area contributed by atoms with Gasteiger partial charge in [0.05, 0.1) is 7.11 Å². The Labute approximate surface area is 199 Å². The predicted octanol–water partition coefficient (Wildman–Crippen LogP) is 4.40. The van der Waals surface area contributed by atoms with Gasteiger partial charge >= 0.3 is 5.97 Å². The molecular formula is C28H29NO5. The number of benzene rings is 3. The fourth-order valence-electron chi connectivity index (χ4n) is 4.47. The molecule has 0 aromatic heterocycles. The Kier molecular flexibility index (Phi) is 6.87. The van der Waals surface area contributed by atoms with Crippen molar-refractivity contribution in [3.63, 3.8) is 0 Å². The van der Waals surface area contributed by atoms with Crippen LogP contribution in [0.1, 0.15) is 34.0 Å². The van der Waals surface area contributed by atoms with E-state index < -0.39 is 11.6 Å². The molecule has 0 bridgehead atoms. The van der Waals surface area contributed by atoms with Crippen molar-refractivity contribution in [2.45, 2.75) is 31.8 Å². The van der Waals surface area contributed by atoms with Gasteiger partial charge in [0.25, 0.3) is 5.91 Å². The Morgan fingerprint density at radius 2 is 1.79 bits per heavy atom. The minimum Gasteiger partial charge on any atom is -0.497 e. The molecule has 176 valence electrons. The number of ether oxygens (including phenoxy) is 2. The molecule has 0 saturated heterocycles. The predicted molar refractivity (Wildman–Crippen MR) is 130 cm³/mol. The first-order chi connectivity index (χ1) is 16.3. The van der Waals surface area contributed by atoms with Crippen LogP contribution in [0.15, 0.2) is 72.8 Å². The molecular weight excluding hydrogens is 430 g/mol. The van der Waals surface area contributed by atoms with E-state index in [0.717, 1.165) is 29.0 Å². The van der Waals surface area contributed by atoms with Gasteiger partial charge in [-0.25, -0.2) is 0 Å². The van der Waals surface area contributed by atoms with Gasteiger partial charge in [0.1, 0.15) is 23.6 Å². The second kappa shape index (κ2) is 10.00. The van der Waals surface area contributed by atoms with Crippen molar-refractivity contribution < 1.29 is 24.2 Å². The summed E-state index contributed by atoms with van der Waals surface area (Å²) in [7, 11) is 1.60. The molecule has 4 rings (SSSR count). The van der Waals surface area contributed by atoms with Crippen molar-refractivity contribution in [2.24, 2.45) is 0 Å². The van der Waals surface area contributed by atoms with Crippen LogP contribution >= 0.6 is 0 Å². The van der Waals surface area contributed by atoms with Crippen molar-refractivity contribution >= 4 is 11.9 Å². The zero-order valence-corrected chi connectivity index (χ0v) is 19.5. The minimum atomic E-state index is -1.04. The molecule has 0 fully saturated rings. The number of aliphatic carboxylic acids is 1. The van der Waals surface area contributed by atoms with Gasteiger partial charge in [0, 0.05) is 24.9 Å². The molecule has 6 heteroatoms. The topological polar surface area (TPSA) is 76.1 Å². The Bertz CT molecular complexity index is 1180. The monoisotopic (exact) mass is 459 g/mol. The number of carbonyl (C=O) groups is 2. The molecule has 1 aliphatic heterocycles. The molecule has 1 atom stereocenters. The number of methoxy groups -OCH3 is 1. The van der Waals surface area contributed by atoms with E-state index in [4.69, 9.17) is 9.47 Å². The third-order valence-corrected chi connectivity index (χ3v) is 6.07. The zero-order chi connectivity index (χ0) is 24.1. The number of hydrogen-bond donors (Lipinski definition) is 1. The van der Waals surface area contributed by atoms with Gasteiger partial charge in [-0.3, -0.25) is 9.59 Å². The molecule has 3 aromatic rings. The number of carboxylic acids is 1. The fraction of sp³-hybridized carbons (Fsp3) is 0.286. The third kappa shape index (κ3) is 5.57. The van der Waals surface area contributed by atoms with Crippen LogP contribution in [0.5, 0.6) is 11.5 Å². The van der Waals surface area contributed by atoms with Gasteiger partial charge in [-0.2, -0.15) is 0 Å². The maximum atomic E-state index is 13.3. The molecule has 1 heterocycles. The van der Waals surface area contributed by atoms with Gasteiger partial charge in [-0.05, 0) is 60.4 Å². The van der Waals surface area contributed by atoms with Crippen LogP contribution in [-0.4, -0.2) is 47.7 Å². The summed E-state index contributed by atoms with van der Waals surface area (Å²) in [5, 5.41) is 9.39. The van der Waals surface area contributed by atoms with Crippen molar-refractivity contribution in [3.05, 3.63) is 95.1 Å². The highest BCUT2D eigenvalue weighted by Gasteiger charge is 2.35. The quantitative estimate of drug-likeness (QED) is 0.513. The first-order valence-corrected chi connectivity index (χ1v) is 11.3. The lowest BCUT2D eigenvalue weighted by Gasteiger charge is -2.24. The maximum absolute atomic E-state index is 13.3. The van der Waals surface area contributed by atoms with Crippen molar-refractivity contribution in [2.75, 3.05) is 20.2 Å². The SMILES string of the molecule is COc1cccc(CCN(CC(=O)O)C(=O)c2ccc3c(c2)C[C@@](C)(Cc2ccccc2)O3)c1. The van der Waals surface area contributed by atoms with Gasteiger partial charge in [-0.1, -0.05) is 42.5 Å². The molecule has 1 N–H and O–H groups in total. The number of carbonyl (C=O) groups excluding carboxylic acids is 1. The average Bonchev–Trinajstić information content (AvgIpc) is 3.16. The van der Waals surface area contributed by atoms with E-state index in [1.54, 1.807) is 13.2 Å². The molecule has 0 radical (unpaired) electrons. The molecule has 1 aliphatic rings. The fourth-order valence-corrected chi connectivity index (χ4v) is 4.47. The summed E-state index contributed by atoms with van der Waals surface area (Å²) in [5.74, 6) is 0.158. The highest BCUT2D eigenvalue weighted by Crippen LogP contribution is 2.37. The highest BCUT2D eigenvalue weighted by molar-refractivity contribution is 5.96. The Balaban J connectivity index is 1.48. The van der Waals surface area contributed by atoms with Gasteiger partial charge in [-0.15, -0.1) is 0 Å². The molecule has 6 nitrogen and oxygen atoms in total. The van der Waals surface area contributed by atoms with Crippen LogP contribution in [-0.2, 0) is 24.1 Å². The number of carboxylic acid groups (broad SMARTS) is 1. The molecule has 0 unspecified atom stereocenters. The number of nitrogens with zero attached hydrogens (tertiary/aromatic N) is 1. The number of hydrogen-bond acceptors (Lipinski definition) is 4. The van der Waals surface area contributed by atoms with Gasteiger partial charge in [0.15, 0.2) is 0 Å². The Hall–Kier alpha value is -3.80. The van der Waals surface area contributed by atoms with E-state index >= 15 is 0 Å². The van der Waals surface area contributed by atoms with Gasteiger partial charge in [0.2, 0.25) is 0 Å². The van der Waals surface area contributed by atoms with Crippen LogP contribution < -0.4 is 9.47 Å². The van der Waals surface area contributed by atoms with E-state index in [0.29, 0.717) is 18.4 Å². The lowest BCUT2D eigenvalue weighted by Crippen LogP contribution is -2.37. The van der Waals surface area contributed by atoms with Crippen molar-refractivity contribution in [3.8, 4) is 11.5 Å². The second-order valence-corrected chi connectivity index (χ2v) is 8.94. The standard InChI is InChI=1S/C28H29NO5/c1-28(17-21-7-4-3-5-8-21)18-23-16-22(11-12-25(23)34-28)27(32)29(19-26(30)31)14-13-20-9-6-10-24(15-20)33-2/h3-12,15-16H,13-14,17-19H2,1-2H3,(H,30,31)/t28-/m1/s1. The molecule has 0 saturated carbocycles. The van der Waals surface area contributed by atoms with E-state index in [9.17, 15) is 14.7 Å². The molecule has 34 heavy (non-hydrogen) atoms. The normalized spacial score (nSPS) is 16.4. The lowest BCUT2D eigenvalue weighted by molar-refractivity contribution is -0.137. The molecule has 1 amide bonds. The molecule has 3 aromatic carbocycles. The minimum absolute atomic E-state index is 0.289. The van der Waals surface area contributed by atoms with E-state index in [1.165, 1.54) is 10.5 Å². The van der Waals surface area contributed by atoms with Crippen LogP contribution in [0, 0.1) is 0 Å². The first kappa shape index (κ1) is 23.4. The van der Waals surface area contributed by atoms with E-state index in [1.807, 2.05) is 54.6 Å². The summed E-state index contributed by atoms with van der Waals surface area (Å²) < 4.78 is 11.5. The van der Waals surface area contributed by atoms with Crippen molar-refractivity contribution in [1.82, 2.24) is 4.90 Å². The summed E-state index contributed by atoms with van der Waals surface area (Å²) in [6, 6.07) is 23.1. The van der Waals surface area contributed by atoms with Crippen LogP contribution in [0.25, 0.3) is 0 Å². The highest BCUT2D eigenvalue weighted by atomic mass is 16.5. The van der Waals surface area contributed by atoms with Crippen LogP contribution in [0.3, 0.4) is 0 Å². The van der Waals surface area contributed by atoms with Crippen LogP contribution in [0.4, 0.5) is 0 Å². The molecule has 0 aliphatic carbocycles. The number of amides is 1. The third-order valence-electron chi connectivity index (χ3n) is 6.07. The van der Waals surface area contributed by atoms with Crippen molar-refractivity contribution in [1.29, 1.82) is 0 Å². The summed E-state index contributed by atoms with van der Waals surface area (Å²) >= 11 is 0. The first-order valence-electron chi connectivity index (χ1n) is 11.3. The second-order valence-electron chi connectivity index (χ2n) is 8.94. The summed E-state index contributed by atoms with van der Waals surface area (Å²) in [5.41, 5.74) is 3.21. The number of fused-ring (bicyclic) bond motifs is 1. The summed E-state index contributed by atoms with van der Waals surface area (Å²) in [6.07, 6.45) is 1.97. The Morgan fingerprint density at radius 1 is 1.03 bits per heavy atom. The van der Waals surface area contributed by atoms with Gasteiger partial charge < -0.3 is 19.5 Å². The lowest BCUT2D eigenvalue weighted by atomic mass is 9.91. The largest absolute Gasteiger partial charge is 0.497 e. The zero-order valence-electron chi connectivity index (χ0n) is 19.5. The van der Waals surface area contributed by atoms with E-state index in [-0.39, 0.29) is 19.0 Å². The summed E-state index contributed by atoms with van der Waals surface area (Å²) in [6.45, 7) is 2.01. The van der Waals surface area contributed by atoms with Crippen LogP contribution in [0.2, 0.25) is 0 Å². The van der Waals surface area contributed by atoms with E-state index in [2.05, 4.69) is 19.1 Å². The summed E-state index contributed by atoms with van der Waals surface area (Å²) in [4.78, 5) is 26.1. The maximum Gasteiger partial charge on any atom is 0.323 e. The average molecular weight is 460 g/mol. The molecule has 0 spiro atoms. The Morgan fingerprint density at radius 3 is 2.53 bits per heavy atom. The smallest absolute Gasteiger partial charge is 0.323 e.